The van der Waals surface area contributed by atoms with Crippen LogP contribution in [0.15, 0.2) is 46.4 Å². The first-order valence-electron chi connectivity index (χ1n) is 5.54. The maximum atomic E-state index is 11.3. The number of aromatic amines is 1. The average Bonchev–Trinajstić information content (AvgIpc) is 2.40. The summed E-state index contributed by atoms with van der Waals surface area (Å²) < 4.78 is 0. The van der Waals surface area contributed by atoms with Crippen molar-refractivity contribution in [3.63, 3.8) is 0 Å². The van der Waals surface area contributed by atoms with Crippen molar-refractivity contribution in [3.05, 3.63) is 58.0 Å². The first-order valence-corrected chi connectivity index (χ1v) is 6.52. The third kappa shape index (κ3) is 3.56. The van der Waals surface area contributed by atoms with E-state index in [1.807, 2.05) is 42.5 Å². The van der Waals surface area contributed by atoms with E-state index in [0.29, 0.717) is 10.9 Å². The maximum Gasteiger partial charge on any atom is 0.273 e. The van der Waals surface area contributed by atoms with E-state index in [2.05, 4.69) is 15.2 Å². The molecular formula is C13H13N3OS. The molecule has 5 heteroatoms. The van der Waals surface area contributed by atoms with E-state index in [4.69, 9.17) is 0 Å². The van der Waals surface area contributed by atoms with Crippen LogP contribution in [0.4, 0.5) is 0 Å². The Balaban J connectivity index is 1.91. The third-order valence-electron chi connectivity index (χ3n) is 2.27. The fraction of sp³-hybridized carbons (Fsp3) is 0.154. The van der Waals surface area contributed by atoms with Crippen molar-refractivity contribution in [2.75, 3.05) is 5.75 Å². The molecule has 1 N–H and O–H groups in total. The fourth-order valence-electron chi connectivity index (χ4n) is 1.32. The number of aromatic nitrogens is 3. The molecule has 0 saturated heterocycles. The topological polar surface area (TPSA) is 58.6 Å². The molecule has 0 bridgehead atoms. The highest BCUT2D eigenvalue weighted by Crippen LogP contribution is 2.10. The summed E-state index contributed by atoms with van der Waals surface area (Å²) in [6, 6.07) is 10.0. The minimum atomic E-state index is -0.181. The molecule has 1 aromatic carbocycles. The molecule has 18 heavy (non-hydrogen) atoms. The van der Waals surface area contributed by atoms with Crippen molar-refractivity contribution in [2.45, 2.75) is 12.1 Å². The number of hydrogen-bond donors (Lipinski definition) is 1. The summed E-state index contributed by atoms with van der Waals surface area (Å²) in [6.07, 6.45) is 4.06. The summed E-state index contributed by atoms with van der Waals surface area (Å²) in [5, 5.41) is 8.23. The van der Waals surface area contributed by atoms with E-state index in [0.717, 1.165) is 11.3 Å². The molecule has 2 rings (SSSR count). The summed E-state index contributed by atoms with van der Waals surface area (Å²) in [5.41, 5.74) is 1.36. The smallest absolute Gasteiger partial charge is 0.273 e. The minimum Gasteiger partial charge on any atom is -0.298 e. The van der Waals surface area contributed by atoms with Crippen LogP contribution >= 0.6 is 11.8 Å². The molecule has 0 fully saturated rings. The van der Waals surface area contributed by atoms with E-state index in [1.165, 1.54) is 11.8 Å². The van der Waals surface area contributed by atoms with Gasteiger partial charge in [0.1, 0.15) is 5.69 Å². The second-order valence-electron chi connectivity index (χ2n) is 3.67. The summed E-state index contributed by atoms with van der Waals surface area (Å²) in [6.45, 7) is 1.63. The van der Waals surface area contributed by atoms with Gasteiger partial charge in [0, 0.05) is 5.75 Å². The predicted octanol–water partition coefficient (Wildman–Crippen LogP) is 2.28. The highest BCUT2D eigenvalue weighted by Gasteiger charge is 1.98. The molecular weight excluding hydrogens is 246 g/mol. The lowest BCUT2D eigenvalue weighted by atomic mass is 10.2. The van der Waals surface area contributed by atoms with Crippen molar-refractivity contribution in [1.82, 2.24) is 15.2 Å². The van der Waals surface area contributed by atoms with Crippen molar-refractivity contribution in [2.24, 2.45) is 0 Å². The molecule has 0 aliphatic carbocycles. The van der Waals surface area contributed by atoms with Gasteiger partial charge in [-0.25, -0.2) is 0 Å². The minimum absolute atomic E-state index is 0.181. The second kappa shape index (κ2) is 6.16. The molecule has 0 spiro atoms. The van der Waals surface area contributed by atoms with Crippen LogP contribution in [-0.2, 0) is 0 Å². The zero-order valence-corrected chi connectivity index (χ0v) is 10.8. The van der Waals surface area contributed by atoms with Gasteiger partial charge in [-0.2, -0.15) is 0 Å². The highest BCUT2D eigenvalue weighted by molar-refractivity contribution is 7.99. The van der Waals surface area contributed by atoms with Gasteiger partial charge in [0.05, 0.1) is 0 Å². The third-order valence-corrected chi connectivity index (χ3v) is 3.08. The van der Waals surface area contributed by atoms with E-state index in [1.54, 1.807) is 6.92 Å². The van der Waals surface area contributed by atoms with Gasteiger partial charge in [0.15, 0.2) is 5.16 Å². The first-order chi connectivity index (χ1) is 8.75. The van der Waals surface area contributed by atoms with Crippen LogP contribution in [-0.4, -0.2) is 20.9 Å². The van der Waals surface area contributed by atoms with E-state index >= 15 is 0 Å². The number of hydrogen-bond acceptors (Lipinski definition) is 4. The van der Waals surface area contributed by atoms with Crippen LogP contribution in [0.3, 0.4) is 0 Å². The Hall–Kier alpha value is -1.88. The fourth-order valence-corrected chi connectivity index (χ4v) is 1.93. The first kappa shape index (κ1) is 12.6. The molecule has 2 aromatic rings. The summed E-state index contributed by atoms with van der Waals surface area (Å²) >= 11 is 1.45. The van der Waals surface area contributed by atoms with Crippen molar-refractivity contribution in [1.29, 1.82) is 0 Å². The number of aryl methyl sites for hydroxylation is 1. The molecule has 1 aromatic heterocycles. The zero-order valence-electron chi connectivity index (χ0n) is 9.96. The number of rotatable bonds is 4. The van der Waals surface area contributed by atoms with Crippen molar-refractivity contribution < 1.29 is 0 Å². The lowest BCUT2D eigenvalue weighted by Crippen LogP contribution is -2.14. The van der Waals surface area contributed by atoms with Crippen LogP contribution in [0, 0.1) is 6.92 Å². The van der Waals surface area contributed by atoms with Gasteiger partial charge in [-0.15, -0.1) is 10.2 Å². The largest absolute Gasteiger partial charge is 0.298 e. The van der Waals surface area contributed by atoms with Crippen LogP contribution in [0.25, 0.3) is 6.08 Å². The molecule has 0 aliphatic rings. The molecule has 0 saturated carbocycles. The number of nitrogens with zero attached hydrogens (tertiary/aromatic N) is 2. The number of benzene rings is 1. The quantitative estimate of drug-likeness (QED) is 0.856. The lowest BCUT2D eigenvalue weighted by Gasteiger charge is -1.96. The van der Waals surface area contributed by atoms with Crippen LogP contribution in [0.2, 0.25) is 0 Å². The van der Waals surface area contributed by atoms with Crippen molar-refractivity contribution in [3.8, 4) is 0 Å². The SMILES string of the molecule is Cc1nnc(SC/C=C\c2ccccc2)[nH]c1=O. The number of thioether (sulfide) groups is 1. The van der Waals surface area contributed by atoms with Gasteiger partial charge in [0.2, 0.25) is 0 Å². The van der Waals surface area contributed by atoms with E-state index in [-0.39, 0.29) is 5.56 Å². The van der Waals surface area contributed by atoms with E-state index in [9.17, 15) is 4.79 Å². The number of nitrogens with one attached hydrogen (secondary N) is 1. The Morgan fingerprint density at radius 3 is 2.78 bits per heavy atom. The van der Waals surface area contributed by atoms with Crippen LogP contribution < -0.4 is 5.56 Å². The van der Waals surface area contributed by atoms with Gasteiger partial charge >= 0.3 is 0 Å². The van der Waals surface area contributed by atoms with Crippen LogP contribution in [0.1, 0.15) is 11.3 Å². The Kier molecular flexibility index (Phi) is 4.30. The Morgan fingerprint density at radius 2 is 2.06 bits per heavy atom. The lowest BCUT2D eigenvalue weighted by molar-refractivity contribution is 0.790. The Labute approximate surface area is 109 Å². The second-order valence-corrected chi connectivity index (χ2v) is 4.68. The standard InChI is InChI=1S/C13H13N3OS/c1-10-12(17)14-13(16-15-10)18-9-5-8-11-6-3-2-4-7-11/h2-8H,9H2,1H3,(H,14,16,17)/b8-5-. The molecule has 92 valence electrons. The average molecular weight is 259 g/mol. The van der Waals surface area contributed by atoms with Gasteiger partial charge in [-0.05, 0) is 12.5 Å². The van der Waals surface area contributed by atoms with Crippen LogP contribution in [0.5, 0.6) is 0 Å². The van der Waals surface area contributed by atoms with Crippen molar-refractivity contribution >= 4 is 17.8 Å². The Bertz CT molecular complexity index is 593. The van der Waals surface area contributed by atoms with Gasteiger partial charge < -0.3 is 0 Å². The Morgan fingerprint density at radius 1 is 1.28 bits per heavy atom. The summed E-state index contributed by atoms with van der Waals surface area (Å²) in [5.74, 6) is 0.739. The maximum absolute atomic E-state index is 11.3. The molecule has 0 amide bonds. The molecule has 4 nitrogen and oxygen atoms in total. The number of H-pyrrole nitrogens is 1. The molecule has 1 heterocycles. The normalized spacial score (nSPS) is 10.9. The predicted molar refractivity (Wildman–Crippen MR) is 73.6 cm³/mol. The molecule has 0 radical (unpaired) electrons. The monoisotopic (exact) mass is 259 g/mol. The summed E-state index contributed by atoms with van der Waals surface area (Å²) in [7, 11) is 0. The van der Waals surface area contributed by atoms with Gasteiger partial charge in [0.25, 0.3) is 5.56 Å². The zero-order chi connectivity index (χ0) is 12.8. The van der Waals surface area contributed by atoms with E-state index < -0.39 is 0 Å². The van der Waals surface area contributed by atoms with Gasteiger partial charge in [-0.1, -0.05) is 54.2 Å². The molecule has 0 atom stereocenters. The summed E-state index contributed by atoms with van der Waals surface area (Å²) in [4.78, 5) is 14.0. The highest BCUT2D eigenvalue weighted by atomic mass is 32.2. The molecule has 0 aliphatic heterocycles. The molecule has 0 unspecified atom stereocenters. The van der Waals surface area contributed by atoms with Gasteiger partial charge in [-0.3, -0.25) is 9.78 Å².